The summed E-state index contributed by atoms with van der Waals surface area (Å²) in [6.07, 6.45) is 1.99. The van der Waals surface area contributed by atoms with Gasteiger partial charge < -0.3 is 4.42 Å². The Morgan fingerprint density at radius 1 is 0.267 bits per heavy atom. The van der Waals surface area contributed by atoms with E-state index in [0.29, 0.717) is 0 Å². The third-order valence-electron chi connectivity index (χ3n) is 9.16. The molecular weight excluding hydrogens is 544 g/mol. The molecular formula is C44H28O. The van der Waals surface area contributed by atoms with Gasteiger partial charge in [0.2, 0.25) is 0 Å². The van der Waals surface area contributed by atoms with Gasteiger partial charge in [-0.3, -0.25) is 0 Å². The predicted octanol–water partition coefficient (Wildman–Crippen LogP) is 12.6. The molecule has 9 aromatic rings. The number of rotatable bonds is 4. The number of hydrogen-bond acceptors (Lipinski definition) is 1. The predicted molar refractivity (Wildman–Crippen MR) is 190 cm³/mol. The van der Waals surface area contributed by atoms with Crippen LogP contribution in [0.25, 0.3) is 87.8 Å². The van der Waals surface area contributed by atoms with Gasteiger partial charge in [0, 0.05) is 22.3 Å². The molecule has 8 aromatic carbocycles. The van der Waals surface area contributed by atoms with Crippen LogP contribution in [0.3, 0.4) is 0 Å². The van der Waals surface area contributed by atoms with Crippen molar-refractivity contribution in [2.75, 3.05) is 0 Å². The van der Waals surface area contributed by atoms with Crippen LogP contribution in [0.15, 0.2) is 174 Å². The fraction of sp³-hybridized carbons (Fsp3) is 0. The summed E-state index contributed by atoms with van der Waals surface area (Å²) in [7, 11) is 0. The molecule has 1 aromatic heterocycles. The Labute approximate surface area is 261 Å². The standard InChI is InChI=1S/C44H28O/c1-5-19-33-29(12-1)16-9-23-37(33)39-27-26-32-15-4-8-22-36(32)42(39)41-28-45-44(40-25-11-18-31-14-3-7-21-35(31)40)43(41)38-24-10-17-30-13-2-6-20-34(30)38/h1-28H. The summed E-state index contributed by atoms with van der Waals surface area (Å²) in [5.41, 5.74) is 8.05. The molecule has 0 fully saturated rings. The fourth-order valence-electron chi connectivity index (χ4n) is 7.12. The van der Waals surface area contributed by atoms with Crippen LogP contribution in [-0.2, 0) is 0 Å². The van der Waals surface area contributed by atoms with Gasteiger partial charge in [0.25, 0.3) is 0 Å². The van der Waals surface area contributed by atoms with Crippen LogP contribution >= 0.6 is 0 Å². The van der Waals surface area contributed by atoms with E-state index < -0.39 is 0 Å². The molecule has 0 spiro atoms. The topological polar surface area (TPSA) is 13.1 Å². The molecule has 0 saturated heterocycles. The lowest BCUT2D eigenvalue weighted by atomic mass is 9.84. The van der Waals surface area contributed by atoms with Gasteiger partial charge in [-0.2, -0.15) is 0 Å². The highest BCUT2D eigenvalue weighted by Crippen LogP contribution is 2.50. The van der Waals surface area contributed by atoms with E-state index in [0.717, 1.165) is 28.0 Å². The molecule has 9 rings (SSSR count). The maximum Gasteiger partial charge on any atom is 0.142 e. The molecule has 0 amide bonds. The van der Waals surface area contributed by atoms with Gasteiger partial charge in [-0.05, 0) is 59.8 Å². The smallest absolute Gasteiger partial charge is 0.142 e. The van der Waals surface area contributed by atoms with E-state index in [2.05, 4.69) is 164 Å². The first-order valence-electron chi connectivity index (χ1n) is 15.4. The van der Waals surface area contributed by atoms with Crippen molar-refractivity contribution < 1.29 is 4.42 Å². The van der Waals surface area contributed by atoms with Crippen molar-refractivity contribution in [1.29, 1.82) is 0 Å². The Hall–Kier alpha value is -5.92. The normalized spacial score (nSPS) is 11.6. The van der Waals surface area contributed by atoms with Crippen LogP contribution in [-0.4, -0.2) is 0 Å². The first kappa shape index (κ1) is 25.6. The minimum atomic E-state index is 0.884. The van der Waals surface area contributed by atoms with Gasteiger partial charge in [0.15, 0.2) is 0 Å². The zero-order valence-electron chi connectivity index (χ0n) is 24.6. The van der Waals surface area contributed by atoms with Crippen molar-refractivity contribution in [3.63, 3.8) is 0 Å². The summed E-state index contributed by atoms with van der Waals surface area (Å²) >= 11 is 0. The van der Waals surface area contributed by atoms with Crippen molar-refractivity contribution >= 4 is 43.1 Å². The van der Waals surface area contributed by atoms with Crippen LogP contribution in [0.4, 0.5) is 0 Å². The summed E-state index contributed by atoms with van der Waals surface area (Å²) in [5.74, 6) is 0.884. The Bertz CT molecular complexity index is 2530. The van der Waals surface area contributed by atoms with Crippen LogP contribution in [0.2, 0.25) is 0 Å². The maximum atomic E-state index is 6.77. The first-order chi connectivity index (χ1) is 22.3. The van der Waals surface area contributed by atoms with Crippen molar-refractivity contribution in [2.24, 2.45) is 0 Å². The molecule has 0 unspecified atom stereocenters. The summed E-state index contributed by atoms with van der Waals surface area (Å²) in [5, 5.41) is 9.65. The van der Waals surface area contributed by atoms with E-state index >= 15 is 0 Å². The van der Waals surface area contributed by atoms with Gasteiger partial charge in [-0.1, -0.05) is 164 Å². The molecule has 210 valence electrons. The van der Waals surface area contributed by atoms with Gasteiger partial charge >= 0.3 is 0 Å². The van der Waals surface area contributed by atoms with Crippen LogP contribution in [0, 0.1) is 0 Å². The van der Waals surface area contributed by atoms with Crippen LogP contribution < -0.4 is 0 Å². The molecule has 0 aliphatic carbocycles. The van der Waals surface area contributed by atoms with Crippen LogP contribution in [0.5, 0.6) is 0 Å². The van der Waals surface area contributed by atoms with Crippen molar-refractivity contribution in [3.8, 4) is 44.7 Å². The summed E-state index contributed by atoms with van der Waals surface area (Å²) in [6, 6.07) is 58.8. The highest BCUT2D eigenvalue weighted by Gasteiger charge is 2.25. The Kier molecular flexibility index (Phi) is 5.89. The minimum absolute atomic E-state index is 0.884. The maximum absolute atomic E-state index is 6.77. The number of furan rings is 1. The van der Waals surface area contributed by atoms with E-state index in [1.807, 2.05) is 6.26 Å². The second-order valence-electron chi connectivity index (χ2n) is 11.6. The summed E-state index contributed by atoms with van der Waals surface area (Å²) < 4.78 is 6.77. The Morgan fingerprint density at radius 3 is 1.33 bits per heavy atom. The molecule has 0 bridgehead atoms. The summed E-state index contributed by atoms with van der Waals surface area (Å²) in [6.45, 7) is 0. The molecule has 1 nitrogen and oxygen atoms in total. The lowest BCUT2D eigenvalue weighted by Gasteiger charge is -2.17. The highest BCUT2D eigenvalue weighted by atomic mass is 16.3. The van der Waals surface area contributed by atoms with Gasteiger partial charge in [0.1, 0.15) is 5.76 Å². The van der Waals surface area contributed by atoms with Crippen molar-refractivity contribution in [3.05, 3.63) is 170 Å². The average Bonchev–Trinajstić information content (AvgIpc) is 3.54. The molecule has 0 aliphatic rings. The molecule has 1 heterocycles. The fourth-order valence-corrected chi connectivity index (χ4v) is 7.12. The van der Waals surface area contributed by atoms with Crippen molar-refractivity contribution in [2.45, 2.75) is 0 Å². The Balaban J connectivity index is 1.44. The van der Waals surface area contributed by atoms with E-state index in [4.69, 9.17) is 4.42 Å². The van der Waals surface area contributed by atoms with E-state index in [-0.39, 0.29) is 0 Å². The third kappa shape index (κ3) is 4.09. The third-order valence-corrected chi connectivity index (χ3v) is 9.16. The molecule has 1 heteroatoms. The van der Waals surface area contributed by atoms with Crippen LogP contribution in [0.1, 0.15) is 0 Å². The van der Waals surface area contributed by atoms with Gasteiger partial charge in [-0.25, -0.2) is 0 Å². The molecule has 0 aliphatic heterocycles. The SMILES string of the molecule is c1ccc2c(-c3ccc4ccccc4c3-c3coc(-c4cccc5ccccc45)c3-c3cccc4ccccc34)cccc2c1. The molecule has 0 radical (unpaired) electrons. The molecule has 45 heavy (non-hydrogen) atoms. The number of benzene rings is 8. The molecule has 0 atom stereocenters. The largest absolute Gasteiger partial charge is 0.463 e. The highest BCUT2D eigenvalue weighted by molar-refractivity contribution is 6.14. The zero-order chi connectivity index (χ0) is 29.7. The lowest BCUT2D eigenvalue weighted by molar-refractivity contribution is 0.584. The zero-order valence-corrected chi connectivity index (χ0v) is 24.6. The van der Waals surface area contributed by atoms with E-state index in [9.17, 15) is 0 Å². The number of fused-ring (bicyclic) bond motifs is 4. The molecule has 0 N–H and O–H groups in total. The Morgan fingerprint density at radius 2 is 0.711 bits per heavy atom. The lowest BCUT2D eigenvalue weighted by Crippen LogP contribution is -1.92. The quantitative estimate of drug-likeness (QED) is 0.204. The molecule has 0 saturated carbocycles. The van der Waals surface area contributed by atoms with Gasteiger partial charge in [-0.15, -0.1) is 0 Å². The van der Waals surface area contributed by atoms with E-state index in [1.165, 1.54) is 59.8 Å². The summed E-state index contributed by atoms with van der Waals surface area (Å²) in [4.78, 5) is 0. The van der Waals surface area contributed by atoms with Crippen molar-refractivity contribution in [1.82, 2.24) is 0 Å². The monoisotopic (exact) mass is 572 g/mol. The second kappa shape index (κ2) is 10.4. The van der Waals surface area contributed by atoms with Gasteiger partial charge in [0.05, 0.1) is 6.26 Å². The first-order valence-corrected chi connectivity index (χ1v) is 15.4. The minimum Gasteiger partial charge on any atom is -0.463 e. The second-order valence-corrected chi connectivity index (χ2v) is 11.6. The number of hydrogen-bond donors (Lipinski definition) is 0. The van der Waals surface area contributed by atoms with E-state index in [1.54, 1.807) is 0 Å². The average molecular weight is 573 g/mol.